The van der Waals surface area contributed by atoms with Crippen LogP contribution in [0.2, 0.25) is 0 Å². The predicted octanol–water partition coefficient (Wildman–Crippen LogP) is 6.73. The first kappa shape index (κ1) is 17.6. The second kappa shape index (κ2) is 7.47. The van der Waals surface area contributed by atoms with Gasteiger partial charge in [0.2, 0.25) is 0 Å². The van der Waals surface area contributed by atoms with E-state index in [1.54, 1.807) is 34.6 Å². The van der Waals surface area contributed by atoms with Gasteiger partial charge in [0, 0.05) is 39.3 Å². The van der Waals surface area contributed by atoms with Crippen molar-refractivity contribution in [3.8, 4) is 20.9 Å². The van der Waals surface area contributed by atoms with E-state index >= 15 is 0 Å². The number of nitrogens with zero attached hydrogens (tertiary/aromatic N) is 1. The minimum atomic E-state index is 0.861. The van der Waals surface area contributed by atoms with Gasteiger partial charge in [-0.05, 0) is 58.8 Å². The summed E-state index contributed by atoms with van der Waals surface area (Å²) in [7, 11) is 0. The molecule has 2 N–H and O–H groups in total. The fourth-order valence-corrected chi connectivity index (χ4v) is 5.59. The minimum Gasteiger partial charge on any atom is -0.381 e. The molecule has 1 aromatic carbocycles. The molecule has 1 aliphatic rings. The number of hydrogen-bond acceptors (Lipinski definition) is 6. The maximum Gasteiger partial charge on any atom is 0.0807 e. The van der Waals surface area contributed by atoms with Crippen molar-refractivity contribution in [3.63, 3.8) is 0 Å². The zero-order valence-corrected chi connectivity index (χ0v) is 17.4. The lowest BCUT2D eigenvalue weighted by atomic mass is 10.0. The second-order valence-corrected chi connectivity index (χ2v) is 9.60. The Morgan fingerprint density at radius 2 is 1.93 bits per heavy atom. The van der Waals surface area contributed by atoms with Crippen LogP contribution in [0.4, 0.5) is 5.69 Å². The van der Waals surface area contributed by atoms with E-state index < -0.39 is 0 Å². The van der Waals surface area contributed by atoms with Gasteiger partial charge in [0.05, 0.1) is 16.1 Å². The Labute approximate surface area is 176 Å². The van der Waals surface area contributed by atoms with Crippen LogP contribution in [0.1, 0.15) is 11.1 Å². The van der Waals surface area contributed by atoms with Crippen molar-refractivity contribution in [1.82, 2.24) is 10.3 Å². The van der Waals surface area contributed by atoms with Crippen LogP contribution in [-0.4, -0.2) is 4.98 Å². The fraction of sp³-hybridized carbons (Fsp3) is 0.0455. The lowest BCUT2D eigenvalue weighted by molar-refractivity contribution is 0.946. The number of nitrogens with one attached hydrogen (secondary N) is 2. The third kappa shape index (κ3) is 3.46. The molecule has 0 aliphatic carbocycles. The number of fused-ring (bicyclic) bond motifs is 1. The first-order valence-corrected chi connectivity index (χ1v) is 11.4. The third-order valence-electron chi connectivity index (χ3n) is 4.60. The van der Waals surface area contributed by atoms with Gasteiger partial charge in [0.1, 0.15) is 0 Å². The van der Waals surface area contributed by atoms with Crippen molar-refractivity contribution in [2.75, 3.05) is 4.72 Å². The molecule has 0 spiro atoms. The first-order chi connectivity index (χ1) is 13.8. The Kier molecular flexibility index (Phi) is 4.68. The van der Waals surface area contributed by atoms with Crippen molar-refractivity contribution < 1.29 is 0 Å². The Hall–Kier alpha value is -2.54. The highest BCUT2D eigenvalue weighted by atomic mass is 32.2. The van der Waals surface area contributed by atoms with E-state index in [1.807, 2.05) is 12.4 Å². The molecule has 0 unspecified atom stereocenters. The van der Waals surface area contributed by atoms with Crippen molar-refractivity contribution >= 4 is 46.0 Å². The van der Waals surface area contributed by atoms with E-state index in [0.717, 1.165) is 23.5 Å². The Morgan fingerprint density at radius 1 is 1.04 bits per heavy atom. The number of pyridine rings is 1. The molecule has 0 radical (unpaired) electrons. The number of aromatic nitrogens is 1. The molecule has 0 bridgehead atoms. The fourth-order valence-electron chi connectivity index (χ4n) is 3.19. The first-order valence-electron chi connectivity index (χ1n) is 8.84. The van der Waals surface area contributed by atoms with Crippen LogP contribution in [-0.2, 0) is 6.54 Å². The molecule has 5 rings (SSSR count). The maximum absolute atomic E-state index is 4.41. The van der Waals surface area contributed by atoms with Gasteiger partial charge in [-0.2, -0.15) is 0 Å². The number of hydrogen-bond donors (Lipinski definition) is 2. The van der Waals surface area contributed by atoms with Gasteiger partial charge in [-0.25, -0.2) is 0 Å². The monoisotopic (exact) mass is 419 g/mol. The molecule has 6 heteroatoms. The number of benzene rings is 1. The van der Waals surface area contributed by atoms with E-state index in [0.29, 0.717) is 0 Å². The SMILES string of the molecule is C=C1NCc2cc(-c3ccc(-c4cncc(NSc5cccs5)c4)s3)ccc21. The van der Waals surface area contributed by atoms with Gasteiger partial charge in [0.15, 0.2) is 0 Å². The van der Waals surface area contributed by atoms with Crippen LogP contribution in [0, 0.1) is 0 Å². The largest absolute Gasteiger partial charge is 0.381 e. The zero-order valence-electron chi connectivity index (χ0n) is 14.9. The summed E-state index contributed by atoms with van der Waals surface area (Å²) in [6.07, 6.45) is 3.78. The highest BCUT2D eigenvalue weighted by molar-refractivity contribution is 8.02. The van der Waals surface area contributed by atoms with Crippen LogP contribution in [0.5, 0.6) is 0 Å². The smallest absolute Gasteiger partial charge is 0.0807 e. The van der Waals surface area contributed by atoms with Crippen molar-refractivity contribution in [1.29, 1.82) is 0 Å². The molecular weight excluding hydrogens is 402 g/mol. The molecule has 0 amide bonds. The maximum atomic E-state index is 4.41. The molecule has 138 valence electrons. The van der Waals surface area contributed by atoms with Crippen LogP contribution < -0.4 is 10.0 Å². The Bertz CT molecular complexity index is 1150. The summed E-state index contributed by atoms with van der Waals surface area (Å²) >= 11 is 5.14. The molecule has 0 fully saturated rings. The van der Waals surface area contributed by atoms with Crippen molar-refractivity contribution in [3.05, 3.63) is 84.0 Å². The van der Waals surface area contributed by atoms with E-state index in [2.05, 4.69) is 75.5 Å². The quantitative estimate of drug-likeness (QED) is 0.352. The van der Waals surface area contributed by atoms with E-state index in [9.17, 15) is 0 Å². The summed E-state index contributed by atoms with van der Waals surface area (Å²) in [5.41, 5.74) is 6.95. The molecular formula is C22H17N3S3. The van der Waals surface area contributed by atoms with Gasteiger partial charge in [-0.15, -0.1) is 22.7 Å². The Morgan fingerprint density at radius 3 is 2.79 bits per heavy atom. The topological polar surface area (TPSA) is 37.0 Å². The van der Waals surface area contributed by atoms with Gasteiger partial charge in [-0.1, -0.05) is 24.8 Å². The molecule has 4 heterocycles. The van der Waals surface area contributed by atoms with Crippen molar-refractivity contribution in [2.24, 2.45) is 0 Å². The highest BCUT2D eigenvalue weighted by Gasteiger charge is 2.15. The highest BCUT2D eigenvalue weighted by Crippen LogP contribution is 2.37. The zero-order chi connectivity index (χ0) is 18.9. The summed E-state index contributed by atoms with van der Waals surface area (Å²) in [5, 5.41) is 5.40. The van der Waals surface area contributed by atoms with Gasteiger partial charge < -0.3 is 10.0 Å². The predicted molar refractivity (Wildman–Crippen MR) is 123 cm³/mol. The number of thiophene rings is 2. The number of rotatable bonds is 5. The standard InChI is InChI=1S/C22H17N3S3/c1-14-19-5-4-15(9-16(19)12-24-14)20-6-7-21(27-20)17-10-18(13-23-11-17)25-28-22-3-2-8-26-22/h2-11,13,24-25H,1,12H2. The van der Waals surface area contributed by atoms with Crippen LogP contribution >= 0.6 is 34.6 Å². The van der Waals surface area contributed by atoms with Gasteiger partial charge >= 0.3 is 0 Å². The summed E-state index contributed by atoms with van der Waals surface area (Å²) in [4.78, 5) is 6.90. The normalized spacial score (nSPS) is 12.6. The summed E-state index contributed by atoms with van der Waals surface area (Å²) in [6, 6.07) is 17.3. The molecule has 0 atom stereocenters. The van der Waals surface area contributed by atoms with Crippen molar-refractivity contribution in [2.45, 2.75) is 10.8 Å². The third-order valence-corrected chi connectivity index (χ3v) is 7.66. The summed E-state index contributed by atoms with van der Waals surface area (Å²) in [6.45, 7) is 4.92. The van der Waals surface area contributed by atoms with Gasteiger partial charge in [-0.3, -0.25) is 4.98 Å². The van der Waals surface area contributed by atoms with Crippen LogP contribution in [0.15, 0.2) is 77.1 Å². The molecule has 0 saturated carbocycles. The van der Waals surface area contributed by atoms with E-state index in [4.69, 9.17) is 0 Å². The average molecular weight is 420 g/mol. The summed E-state index contributed by atoms with van der Waals surface area (Å²) in [5.74, 6) is 0. The lowest BCUT2D eigenvalue weighted by Gasteiger charge is -2.05. The molecule has 4 aromatic rings. The molecule has 28 heavy (non-hydrogen) atoms. The molecule has 3 nitrogen and oxygen atoms in total. The molecule has 0 saturated heterocycles. The molecule has 1 aliphatic heterocycles. The van der Waals surface area contributed by atoms with E-state index in [-0.39, 0.29) is 0 Å². The average Bonchev–Trinajstić information content (AvgIpc) is 3.48. The minimum absolute atomic E-state index is 0.861. The Balaban J connectivity index is 1.37. The van der Waals surface area contributed by atoms with Crippen LogP contribution in [0.3, 0.4) is 0 Å². The lowest BCUT2D eigenvalue weighted by Crippen LogP contribution is -1.98. The van der Waals surface area contributed by atoms with Gasteiger partial charge in [0.25, 0.3) is 0 Å². The second-order valence-electron chi connectivity index (χ2n) is 6.47. The van der Waals surface area contributed by atoms with Crippen LogP contribution in [0.25, 0.3) is 26.6 Å². The number of anilines is 1. The summed E-state index contributed by atoms with van der Waals surface area (Å²) < 4.78 is 4.62. The molecule has 3 aromatic heterocycles. The van der Waals surface area contributed by atoms with E-state index in [1.165, 1.54) is 30.7 Å².